The average Bonchev–Trinajstić information content (AvgIpc) is 2.80. The molecule has 5 nitrogen and oxygen atoms in total. The third-order valence-electron chi connectivity index (χ3n) is 5.99. The summed E-state index contributed by atoms with van der Waals surface area (Å²) < 4.78 is 54.2. The van der Waals surface area contributed by atoms with Crippen molar-refractivity contribution in [3.8, 4) is 0 Å². The maximum atomic E-state index is 13.5. The van der Waals surface area contributed by atoms with Gasteiger partial charge in [0, 0.05) is 19.0 Å². The first-order chi connectivity index (χ1) is 15.3. The van der Waals surface area contributed by atoms with E-state index in [0.29, 0.717) is 18.4 Å². The molecule has 1 atom stereocenters. The van der Waals surface area contributed by atoms with Crippen molar-refractivity contribution in [3.63, 3.8) is 0 Å². The summed E-state index contributed by atoms with van der Waals surface area (Å²) in [6.07, 6.45) is 0.784. The smallest absolute Gasteiger partial charge is 0.243 e. The second-order valence-electron chi connectivity index (χ2n) is 8.09. The Hall–Kier alpha value is -2.84. The minimum Gasteiger partial charge on any atom is -0.349 e. The van der Waals surface area contributed by atoms with E-state index in [-0.39, 0.29) is 29.8 Å². The van der Waals surface area contributed by atoms with Gasteiger partial charge in [0.25, 0.3) is 0 Å². The molecule has 0 bridgehead atoms. The van der Waals surface area contributed by atoms with Gasteiger partial charge >= 0.3 is 0 Å². The van der Waals surface area contributed by atoms with Crippen LogP contribution >= 0.6 is 0 Å². The lowest BCUT2D eigenvalue weighted by Crippen LogP contribution is -2.43. The first-order valence-electron chi connectivity index (χ1n) is 10.5. The third-order valence-corrected chi connectivity index (χ3v) is 7.88. The van der Waals surface area contributed by atoms with Crippen LogP contribution in [0.25, 0.3) is 10.8 Å². The van der Waals surface area contributed by atoms with Crippen molar-refractivity contribution in [1.29, 1.82) is 0 Å². The molecule has 1 saturated heterocycles. The summed E-state index contributed by atoms with van der Waals surface area (Å²) in [6, 6.07) is 15.7. The van der Waals surface area contributed by atoms with E-state index in [0.717, 1.165) is 22.9 Å². The van der Waals surface area contributed by atoms with E-state index in [9.17, 15) is 22.0 Å². The van der Waals surface area contributed by atoms with E-state index >= 15 is 0 Å². The van der Waals surface area contributed by atoms with Crippen LogP contribution < -0.4 is 5.32 Å². The molecule has 0 spiro atoms. The predicted molar refractivity (Wildman–Crippen MR) is 118 cm³/mol. The number of hydrogen-bond acceptors (Lipinski definition) is 3. The van der Waals surface area contributed by atoms with E-state index < -0.39 is 27.7 Å². The third kappa shape index (κ3) is 4.52. The highest BCUT2D eigenvalue weighted by atomic mass is 32.2. The Labute approximate surface area is 186 Å². The molecule has 4 rings (SSSR count). The summed E-state index contributed by atoms with van der Waals surface area (Å²) in [4.78, 5) is 12.9. The molecule has 0 saturated carbocycles. The number of rotatable bonds is 5. The van der Waals surface area contributed by atoms with Gasteiger partial charge in [0.05, 0.1) is 10.9 Å². The van der Waals surface area contributed by atoms with Gasteiger partial charge in [-0.05, 0) is 60.4 Å². The van der Waals surface area contributed by atoms with Crippen LogP contribution in [0.2, 0.25) is 0 Å². The van der Waals surface area contributed by atoms with Crippen molar-refractivity contribution < 1.29 is 22.0 Å². The Kier molecular flexibility index (Phi) is 6.26. The molecule has 1 N–H and O–H groups in total. The summed E-state index contributed by atoms with van der Waals surface area (Å²) in [5, 5.41) is 4.65. The number of amides is 1. The molecule has 1 unspecified atom stereocenters. The highest BCUT2D eigenvalue weighted by Crippen LogP contribution is 2.27. The molecule has 0 aromatic heterocycles. The number of fused-ring (bicyclic) bond motifs is 1. The number of sulfonamides is 1. The molecule has 1 fully saturated rings. The van der Waals surface area contributed by atoms with Crippen LogP contribution in [0.15, 0.2) is 65.6 Å². The Morgan fingerprint density at radius 2 is 1.66 bits per heavy atom. The van der Waals surface area contributed by atoms with E-state index in [4.69, 9.17) is 0 Å². The average molecular weight is 459 g/mol. The molecule has 1 amide bonds. The normalized spacial score (nSPS) is 16.7. The second-order valence-corrected chi connectivity index (χ2v) is 10.0. The summed E-state index contributed by atoms with van der Waals surface area (Å²) in [5.41, 5.74) is 0.466. The SMILES string of the molecule is CC(NC(=O)C1CCN(S(=O)(=O)c2ccc3ccccc3c2)CC1)c1ccc(F)c(F)c1. The standard InChI is InChI=1S/C24H24F2N2O3S/c1-16(19-7-9-22(25)23(26)15-19)27-24(29)18-10-12-28(13-11-18)32(30,31)21-8-6-17-4-2-3-5-20(17)14-21/h2-9,14-16,18H,10-13H2,1H3,(H,27,29). The number of piperidine rings is 1. The fourth-order valence-corrected chi connectivity index (χ4v) is 5.54. The molecule has 1 aliphatic heterocycles. The van der Waals surface area contributed by atoms with E-state index in [1.807, 2.05) is 24.3 Å². The predicted octanol–water partition coefficient (Wildman–Crippen LogP) is 4.40. The zero-order valence-electron chi connectivity index (χ0n) is 17.6. The lowest BCUT2D eigenvalue weighted by Gasteiger charge is -2.31. The number of carbonyl (C=O) groups is 1. The van der Waals surface area contributed by atoms with Crippen molar-refractivity contribution in [3.05, 3.63) is 77.9 Å². The van der Waals surface area contributed by atoms with Gasteiger partial charge < -0.3 is 5.32 Å². The summed E-state index contributed by atoms with van der Waals surface area (Å²) in [6.45, 7) is 2.18. The number of carbonyl (C=O) groups excluding carboxylic acids is 1. The Bertz CT molecular complexity index is 1260. The van der Waals surface area contributed by atoms with E-state index in [1.54, 1.807) is 25.1 Å². The first-order valence-corrected chi connectivity index (χ1v) is 11.9. The van der Waals surface area contributed by atoms with Crippen LogP contribution in [0.1, 0.15) is 31.4 Å². The zero-order chi connectivity index (χ0) is 22.9. The maximum absolute atomic E-state index is 13.5. The minimum absolute atomic E-state index is 0.218. The molecule has 1 heterocycles. The van der Waals surface area contributed by atoms with Gasteiger partial charge in [0.15, 0.2) is 11.6 Å². The van der Waals surface area contributed by atoms with Gasteiger partial charge in [-0.25, -0.2) is 17.2 Å². The molecule has 0 radical (unpaired) electrons. The molecule has 3 aromatic rings. The quantitative estimate of drug-likeness (QED) is 0.617. The lowest BCUT2D eigenvalue weighted by molar-refractivity contribution is -0.126. The Balaban J connectivity index is 1.39. The lowest BCUT2D eigenvalue weighted by atomic mass is 9.96. The van der Waals surface area contributed by atoms with Crippen molar-refractivity contribution in [2.24, 2.45) is 5.92 Å². The molecule has 168 valence electrons. The zero-order valence-corrected chi connectivity index (χ0v) is 18.4. The molecular weight excluding hydrogens is 434 g/mol. The van der Waals surface area contributed by atoms with Crippen molar-refractivity contribution in [2.45, 2.75) is 30.7 Å². The number of hydrogen-bond donors (Lipinski definition) is 1. The van der Waals surface area contributed by atoms with Crippen molar-refractivity contribution in [2.75, 3.05) is 13.1 Å². The van der Waals surface area contributed by atoms with Crippen LogP contribution in [-0.4, -0.2) is 31.7 Å². The monoisotopic (exact) mass is 458 g/mol. The summed E-state index contributed by atoms with van der Waals surface area (Å²) in [7, 11) is -3.65. The van der Waals surface area contributed by atoms with Crippen LogP contribution in [0.5, 0.6) is 0 Å². The van der Waals surface area contributed by atoms with Crippen molar-refractivity contribution >= 4 is 26.7 Å². The molecular formula is C24H24F2N2O3S. The minimum atomic E-state index is -3.65. The number of nitrogens with one attached hydrogen (secondary N) is 1. The number of halogens is 2. The summed E-state index contributed by atoms with van der Waals surface area (Å²) >= 11 is 0. The van der Waals surface area contributed by atoms with Gasteiger partial charge in [-0.1, -0.05) is 36.4 Å². The van der Waals surface area contributed by atoms with Gasteiger partial charge in [-0.2, -0.15) is 4.31 Å². The van der Waals surface area contributed by atoms with Crippen LogP contribution in [0.3, 0.4) is 0 Å². The van der Waals surface area contributed by atoms with Crippen LogP contribution in [-0.2, 0) is 14.8 Å². The van der Waals surface area contributed by atoms with E-state index in [2.05, 4.69) is 5.32 Å². The molecule has 0 aliphatic carbocycles. The maximum Gasteiger partial charge on any atom is 0.243 e. The molecule has 1 aliphatic rings. The van der Waals surface area contributed by atoms with Gasteiger partial charge in [0.1, 0.15) is 0 Å². The highest BCUT2D eigenvalue weighted by Gasteiger charge is 2.32. The Morgan fingerprint density at radius 1 is 0.969 bits per heavy atom. The van der Waals surface area contributed by atoms with Crippen molar-refractivity contribution in [1.82, 2.24) is 9.62 Å². The Morgan fingerprint density at radius 3 is 2.34 bits per heavy atom. The van der Waals surface area contributed by atoms with Crippen LogP contribution in [0.4, 0.5) is 8.78 Å². The van der Waals surface area contributed by atoms with E-state index in [1.165, 1.54) is 10.4 Å². The van der Waals surface area contributed by atoms with Crippen LogP contribution in [0, 0.1) is 17.6 Å². The number of nitrogens with zero attached hydrogens (tertiary/aromatic N) is 1. The number of benzene rings is 3. The topological polar surface area (TPSA) is 66.5 Å². The molecule has 3 aromatic carbocycles. The molecule has 32 heavy (non-hydrogen) atoms. The van der Waals surface area contributed by atoms with Gasteiger partial charge in [-0.3, -0.25) is 4.79 Å². The summed E-state index contributed by atoms with van der Waals surface area (Å²) in [5.74, 6) is -2.46. The van der Waals surface area contributed by atoms with Gasteiger partial charge in [-0.15, -0.1) is 0 Å². The fourth-order valence-electron chi connectivity index (χ4n) is 4.03. The molecule has 8 heteroatoms. The first kappa shape index (κ1) is 22.4. The van der Waals surface area contributed by atoms with Gasteiger partial charge in [0.2, 0.25) is 15.9 Å². The largest absolute Gasteiger partial charge is 0.349 e. The second kappa shape index (κ2) is 8.96. The fraction of sp³-hybridized carbons (Fsp3) is 0.292. The highest BCUT2D eigenvalue weighted by molar-refractivity contribution is 7.89.